The second-order valence-electron chi connectivity index (χ2n) is 4.25. The van der Waals surface area contributed by atoms with Gasteiger partial charge in [0.25, 0.3) is 5.82 Å². The van der Waals surface area contributed by atoms with Gasteiger partial charge in [-0.3, -0.25) is 0 Å². The summed E-state index contributed by atoms with van der Waals surface area (Å²) >= 11 is 0. The van der Waals surface area contributed by atoms with Crippen molar-refractivity contribution in [3.8, 4) is 5.82 Å². The van der Waals surface area contributed by atoms with Crippen molar-refractivity contribution in [2.75, 3.05) is 0 Å². The topological polar surface area (TPSA) is 25.6 Å². The van der Waals surface area contributed by atoms with E-state index in [9.17, 15) is 0 Å². The zero-order chi connectivity index (χ0) is 11.9. The van der Waals surface area contributed by atoms with Crippen molar-refractivity contribution >= 4 is 11.0 Å². The maximum Gasteiger partial charge on any atom is 0.291 e. The summed E-state index contributed by atoms with van der Waals surface area (Å²) in [6, 6.07) is 14.2. The summed E-state index contributed by atoms with van der Waals surface area (Å²) in [5, 5.41) is 4.57. The Morgan fingerprint density at radius 2 is 1.83 bits per heavy atom. The van der Waals surface area contributed by atoms with Crippen LogP contribution in [0.3, 0.4) is 0 Å². The van der Waals surface area contributed by atoms with Crippen LogP contribution >= 0.6 is 0 Å². The lowest BCUT2D eigenvalue weighted by molar-refractivity contribution is -0.598. The highest BCUT2D eigenvalue weighted by Crippen LogP contribution is 2.05. The molecule has 0 saturated heterocycles. The van der Waals surface area contributed by atoms with Gasteiger partial charge in [-0.25, -0.2) is 8.97 Å². The van der Waals surface area contributed by atoms with E-state index < -0.39 is 0 Å². The summed E-state index contributed by atoms with van der Waals surface area (Å²) in [4.78, 5) is 0. The molecule has 0 aliphatic carbocycles. The Morgan fingerprint density at radius 3 is 2.78 bits per heavy atom. The molecule has 0 aliphatic heterocycles. The number of nitrogens with zero attached hydrogens (tertiary/aromatic N) is 4. The van der Waals surface area contributed by atoms with Crippen LogP contribution in [0, 0.1) is 0 Å². The molecule has 0 unspecified atom stereocenters. The summed E-state index contributed by atoms with van der Waals surface area (Å²) in [5.74, 6) is 0.905. The molecule has 0 fully saturated rings. The zero-order valence-electron chi connectivity index (χ0n) is 9.64. The molecule has 4 heteroatoms. The highest BCUT2D eigenvalue weighted by atomic mass is 15.3. The number of hydrogen-bond acceptors (Lipinski definition) is 1. The largest absolute Gasteiger partial charge is 0.291 e. The monoisotopic (exact) mass is 235 g/mol. The van der Waals surface area contributed by atoms with Gasteiger partial charge in [-0.1, -0.05) is 6.07 Å². The van der Waals surface area contributed by atoms with E-state index in [-0.39, 0.29) is 0 Å². The fraction of sp³-hybridized carbons (Fsp3) is 0. The minimum atomic E-state index is 0.905. The summed E-state index contributed by atoms with van der Waals surface area (Å²) in [6.45, 7) is 0. The number of rotatable bonds is 1. The maximum absolute atomic E-state index is 4.57. The molecule has 86 valence electrons. The minimum Gasteiger partial charge on any atom is -0.236 e. The Labute approximate surface area is 103 Å². The summed E-state index contributed by atoms with van der Waals surface area (Å²) < 4.78 is 5.97. The van der Waals surface area contributed by atoms with Gasteiger partial charge >= 0.3 is 0 Å². The molecule has 0 saturated carbocycles. The molecular weight excluding hydrogens is 224 g/mol. The Balaban J connectivity index is 1.94. The molecule has 0 amide bonds. The highest BCUT2D eigenvalue weighted by Gasteiger charge is 2.09. The fourth-order valence-corrected chi connectivity index (χ4v) is 2.17. The second kappa shape index (κ2) is 3.43. The van der Waals surface area contributed by atoms with Crippen LogP contribution in [0.4, 0.5) is 0 Å². The molecular formula is C14H11N4+. The Kier molecular flexibility index (Phi) is 1.80. The van der Waals surface area contributed by atoms with Crippen LogP contribution in [-0.4, -0.2) is 14.0 Å². The molecule has 0 aliphatic rings. The van der Waals surface area contributed by atoms with Crippen molar-refractivity contribution in [1.29, 1.82) is 0 Å². The van der Waals surface area contributed by atoms with Crippen LogP contribution in [0.1, 0.15) is 0 Å². The van der Waals surface area contributed by atoms with Gasteiger partial charge in [0.15, 0.2) is 6.33 Å². The average molecular weight is 235 g/mol. The van der Waals surface area contributed by atoms with E-state index in [4.69, 9.17) is 0 Å². The summed E-state index contributed by atoms with van der Waals surface area (Å²) in [6.07, 6.45) is 8.07. The number of fused-ring (bicyclic) bond motifs is 2. The smallest absolute Gasteiger partial charge is 0.236 e. The van der Waals surface area contributed by atoms with Crippen molar-refractivity contribution < 1.29 is 4.57 Å². The van der Waals surface area contributed by atoms with Crippen LogP contribution in [0.5, 0.6) is 0 Å². The Morgan fingerprint density at radius 1 is 0.889 bits per heavy atom. The SMILES string of the molecule is c1ccn2c[n+](-c3ccc4cccn4n3)cc2c1. The van der Waals surface area contributed by atoms with Crippen molar-refractivity contribution in [1.82, 2.24) is 14.0 Å². The molecule has 4 rings (SSSR count). The zero-order valence-corrected chi connectivity index (χ0v) is 9.64. The van der Waals surface area contributed by atoms with Crippen molar-refractivity contribution in [3.63, 3.8) is 0 Å². The van der Waals surface area contributed by atoms with E-state index in [0.29, 0.717) is 0 Å². The molecule has 0 radical (unpaired) electrons. The van der Waals surface area contributed by atoms with E-state index in [1.165, 1.54) is 0 Å². The molecule has 0 aromatic carbocycles. The predicted molar refractivity (Wildman–Crippen MR) is 67.7 cm³/mol. The number of aromatic nitrogens is 4. The van der Waals surface area contributed by atoms with Gasteiger partial charge in [0.2, 0.25) is 0 Å². The van der Waals surface area contributed by atoms with Crippen molar-refractivity contribution in [2.45, 2.75) is 0 Å². The van der Waals surface area contributed by atoms with Crippen LogP contribution in [0.15, 0.2) is 67.4 Å². The first-order chi connectivity index (χ1) is 8.90. The van der Waals surface area contributed by atoms with E-state index in [2.05, 4.69) is 27.8 Å². The normalized spacial score (nSPS) is 11.3. The Bertz CT molecular complexity index is 808. The third-order valence-electron chi connectivity index (χ3n) is 3.08. The van der Waals surface area contributed by atoms with Crippen LogP contribution in [-0.2, 0) is 0 Å². The quantitative estimate of drug-likeness (QED) is 0.462. The van der Waals surface area contributed by atoms with Gasteiger partial charge in [-0.15, -0.1) is 0 Å². The summed E-state index contributed by atoms with van der Waals surface area (Å²) in [5.41, 5.74) is 2.25. The molecule has 4 aromatic rings. The molecule has 0 spiro atoms. The molecule has 4 heterocycles. The standard InChI is InChI=1S/C14H11N4/c1-2-8-16-11-17(10-13(16)4-1)14-7-6-12-5-3-9-18(12)15-14/h1-11H/q+1. The van der Waals surface area contributed by atoms with E-state index in [1.807, 2.05) is 58.1 Å². The van der Waals surface area contributed by atoms with Gasteiger partial charge in [0, 0.05) is 12.3 Å². The third kappa shape index (κ3) is 1.32. The maximum atomic E-state index is 4.57. The number of hydrogen-bond donors (Lipinski definition) is 0. The van der Waals surface area contributed by atoms with Gasteiger partial charge in [0.1, 0.15) is 11.7 Å². The summed E-state index contributed by atoms with van der Waals surface area (Å²) in [7, 11) is 0. The number of imidazole rings is 1. The third-order valence-corrected chi connectivity index (χ3v) is 3.08. The average Bonchev–Trinajstić information content (AvgIpc) is 3.04. The van der Waals surface area contributed by atoms with Gasteiger partial charge < -0.3 is 0 Å². The Hall–Kier alpha value is -2.62. The van der Waals surface area contributed by atoms with E-state index in [1.54, 1.807) is 0 Å². The first-order valence-electron chi connectivity index (χ1n) is 5.83. The second-order valence-corrected chi connectivity index (χ2v) is 4.25. The molecule has 4 nitrogen and oxygen atoms in total. The van der Waals surface area contributed by atoms with Crippen LogP contribution < -0.4 is 4.57 Å². The number of pyridine rings is 1. The van der Waals surface area contributed by atoms with Gasteiger partial charge in [0.05, 0.1) is 11.7 Å². The van der Waals surface area contributed by atoms with Crippen LogP contribution in [0.2, 0.25) is 0 Å². The first-order valence-corrected chi connectivity index (χ1v) is 5.83. The van der Waals surface area contributed by atoms with Gasteiger partial charge in [-0.2, -0.15) is 4.52 Å². The van der Waals surface area contributed by atoms with Crippen molar-refractivity contribution in [2.24, 2.45) is 0 Å². The first kappa shape index (κ1) is 9.41. The molecule has 18 heavy (non-hydrogen) atoms. The van der Waals surface area contributed by atoms with Crippen LogP contribution in [0.25, 0.3) is 16.9 Å². The molecule has 0 bridgehead atoms. The van der Waals surface area contributed by atoms with E-state index >= 15 is 0 Å². The highest BCUT2D eigenvalue weighted by molar-refractivity contribution is 5.47. The molecule has 4 aromatic heterocycles. The predicted octanol–water partition coefficient (Wildman–Crippen LogP) is 1.86. The molecule has 0 atom stereocenters. The fourth-order valence-electron chi connectivity index (χ4n) is 2.17. The lowest BCUT2D eigenvalue weighted by Gasteiger charge is -1.93. The lowest BCUT2D eigenvalue weighted by atomic mass is 10.4. The minimum absolute atomic E-state index is 0.905. The lowest BCUT2D eigenvalue weighted by Crippen LogP contribution is -2.29. The molecule has 0 N–H and O–H groups in total. The van der Waals surface area contributed by atoms with E-state index in [0.717, 1.165) is 16.9 Å². The van der Waals surface area contributed by atoms with Gasteiger partial charge in [-0.05, 0) is 35.4 Å². The van der Waals surface area contributed by atoms with Crippen molar-refractivity contribution in [3.05, 3.63) is 67.4 Å².